The summed E-state index contributed by atoms with van der Waals surface area (Å²) in [4.78, 5) is 2.53. The first kappa shape index (κ1) is 9.13. The van der Waals surface area contributed by atoms with Crippen LogP contribution in [0, 0.1) is 11.8 Å². The first-order valence-corrected chi connectivity index (χ1v) is 5.83. The van der Waals surface area contributed by atoms with Crippen LogP contribution in [0.3, 0.4) is 0 Å². The van der Waals surface area contributed by atoms with Gasteiger partial charge in [0.2, 0.25) is 0 Å². The summed E-state index contributed by atoms with van der Waals surface area (Å²) in [6.07, 6.45) is 3.80. The van der Waals surface area contributed by atoms with Crippen LogP contribution in [-0.2, 0) is 4.74 Å². The predicted molar refractivity (Wildman–Crippen MR) is 53.0 cm³/mol. The Balaban J connectivity index is 1.55. The van der Waals surface area contributed by atoms with Crippen molar-refractivity contribution in [3.05, 3.63) is 0 Å². The number of likely N-dealkylation sites (tertiary alicyclic amines) is 1. The molecule has 80 valence electrons. The lowest BCUT2D eigenvalue weighted by Crippen LogP contribution is -2.26. The molecule has 0 aromatic rings. The van der Waals surface area contributed by atoms with Crippen LogP contribution in [0.1, 0.15) is 19.3 Å². The van der Waals surface area contributed by atoms with Gasteiger partial charge in [0.05, 0.1) is 18.8 Å². The fourth-order valence-corrected chi connectivity index (χ4v) is 3.11. The van der Waals surface area contributed by atoms with Gasteiger partial charge in [0.15, 0.2) is 0 Å². The topological polar surface area (TPSA) is 36.0 Å². The number of aliphatic hydroxyl groups excluding tert-OH is 1. The summed E-state index contributed by atoms with van der Waals surface area (Å²) in [5, 5.41) is 9.59. The van der Waals surface area contributed by atoms with Crippen LogP contribution in [0.2, 0.25) is 0 Å². The number of rotatable bonds is 2. The number of hydrogen-bond donors (Lipinski definition) is 1. The maximum Gasteiger partial charge on any atom is 0.0936 e. The lowest BCUT2D eigenvalue weighted by atomic mass is 9.80. The van der Waals surface area contributed by atoms with Crippen molar-refractivity contribution in [2.45, 2.75) is 31.5 Å². The molecule has 0 spiro atoms. The highest BCUT2D eigenvalue weighted by Crippen LogP contribution is 2.36. The summed E-state index contributed by atoms with van der Waals surface area (Å²) >= 11 is 0. The molecular weight excluding hydrogens is 178 g/mol. The Hall–Kier alpha value is -0.120. The molecule has 4 atom stereocenters. The predicted octanol–water partition coefficient (Wildman–Crippen LogP) is 0.478. The quantitative estimate of drug-likeness (QED) is 0.654. The van der Waals surface area contributed by atoms with Crippen molar-refractivity contribution >= 4 is 0 Å². The Morgan fingerprint density at radius 1 is 1.21 bits per heavy atom. The Kier molecular flexibility index (Phi) is 2.26. The fourth-order valence-electron chi connectivity index (χ4n) is 3.11. The van der Waals surface area contributed by atoms with Crippen LogP contribution >= 0.6 is 0 Å². The largest absolute Gasteiger partial charge is 0.393 e. The highest BCUT2D eigenvalue weighted by Gasteiger charge is 2.39. The summed E-state index contributed by atoms with van der Waals surface area (Å²) in [5.74, 6) is 1.62. The number of epoxide rings is 1. The highest BCUT2D eigenvalue weighted by atomic mass is 16.6. The van der Waals surface area contributed by atoms with Gasteiger partial charge < -0.3 is 14.7 Å². The number of nitrogens with zero attached hydrogens (tertiary/aromatic N) is 1. The molecule has 1 aliphatic carbocycles. The first-order valence-electron chi connectivity index (χ1n) is 5.83. The van der Waals surface area contributed by atoms with Gasteiger partial charge in [0.1, 0.15) is 0 Å². The SMILES string of the molecule is OC1CCC2CN(C[C@@H]3CO3)CC2C1. The Bertz CT molecular complexity index is 217. The van der Waals surface area contributed by atoms with Gasteiger partial charge in [0, 0.05) is 19.6 Å². The van der Waals surface area contributed by atoms with Crippen LogP contribution in [0.4, 0.5) is 0 Å². The fraction of sp³-hybridized carbons (Fsp3) is 1.00. The Labute approximate surface area is 85.0 Å². The molecule has 0 radical (unpaired) electrons. The summed E-state index contributed by atoms with van der Waals surface area (Å²) in [6, 6.07) is 0. The van der Waals surface area contributed by atoms with Crippen molar-refractivity contribution in [3.8, 4) is 0 Å². The van der Waals surface area contributed by atoms with Gasteiger partial charge >= 0.3 is 0 Å². The third-order valence-corrected chi connectivity index (χ3v) is 3.96. The highest BCUT2D eigenvalue weighted by molar-refractivity contribution is 4.91. The van der Waals surface area contributed by atoms with Gasteiger partial charge in [0.25, 0.3) is 0 Å². The molecule has 1 N–H and O–H groups in total. The van der Waals surface area contributed by atoms with E-state index in [-0.39, 0.29) is 6.10 Å². The van der Waals surface area contributed by atoms with E-state index >= 15 is 0 Å². The summed E-state index contributed by atoms with van der Waals surface area (Å²) in [7, 11) is 0. The molecular formula is C11H19NO2. The molecule has 3 aliphatic rings. The molecule has 3 unspecified atom stereocenters. The van der Waals surface area contributed by atoms with Crippen molar-refractivity contribution in [2.24, 2.45) is 11.8 Å². The molecule has 2 aliphatic heterocycles. The molecule has 2 heterocycles. The maximum atomic E-state index is 9.59. The van der Waals surface area contributed by atoms with Gasteiger partial charge in [-0.15, -0.1) is 0 Å². The summed E-state index contributed by atoms with van der Waals surface area (Å²) in [5.41, 5.74) is 0. The minimum absolute atomic E-state index is 0.0200. The lowest BCUT2D eigenvalue weighted by Gasteiger charge is -2.27. The molecule has 0 aromatic heterocycles. The van der Waals surface area contributed by atoms with Crippen LogP contribution < -0.4 is 0 Å². The van der Waals surface area contributed by atoms with Gasteiger partial charge in [-0.05, 0) is 31.1 Å². The zero-order valence-electron chi connectivity index (χ0n) is 8.56. The summed E-state index contributed by atoms with van der Waals surface area (Å²) < 4.78 is 5.25. The summed E-state index contributed by atoms with van der Waals surface area (Å²) in [6.45, 7) is 4.54. The minimum atomic E-state index is -0.0200. The van der Waals surface area contributed by atoms with E-state index in [1.54, 1.807) is 0 Å². The van der Waals surface area contributed by atoms with Crippen LogP contribution in [0.5, 0.6) is 0 Å². The lowest BCUT2D eigenvalue weighted by molar-refractivity contribution is 0.0865. The van der Waals surface area contributed by atoms with Crippen molar-refractivity contribution in [1.82, 2.24) is 4.90 Å². The van der Waals surface area contributed by atoms with E-state index in [0.717, 1.165) is 37.8 Å². The smallest absolute Gasteiger partial charge is 0.0936 e. The van der Waals surface area contributed by atoms with E-state index < -0.39 is 0 Å². The van der Waals surface area contributed by atoms with Gasteiger partial charge in [-0.1, -0.05) is 0 Å². The third-order valence-electron chi connectivity index (χ3n) is 3.96. The molecule has 14 heavy (non-hydrogen) atoms. The van der Waals surface area contributed by atoms with E-state index in [1.165, 1.54) is 19.5 Å². The van der Waals surface area contributed by atoms with E-state index in [9.17, 15) is 5.11 Å². The van der Waals surface area contributed by atoms with Crippen molar-refractivity contribution in [2.75, 3.05) is 26.2 Å². The molecule has 3 nitrogen and oxygen atoms in total. The maximum absolute atomic E-state index is 9.59. The molecule has 1 saturated carbocycles. The average molecular weight is 197 g/mol. The second-order valence-electron chi connectivity index (χ2n) is 5.16. The molecule has 3 heteroatoms. The molecule has 3 fully saturated rings. The number of fused-ring (bicyclic) bond motifs is 1. The van der Waals surface area contributed by atoms with Gasteiger partial charge in [-0.25, -0.2) is 0 Å². The second-order valence-corrected chi connectivity index (χ2v) is 5.16. The third kappa shape index (κ3) is 1.81. The Morgan fingerprint density at radius 2 is 2.00 bits per heavy atom. The standard InChI is InChI=1S/C11H19NO2/c13-10-2-1-8-4-12(5-9(8)3-10)6-11-7-14-11/h8-11,13H,1-7H2/t8?,9?,10?,11-/m1/s1. The van der Waals surface area contributed by atoms with Crippen LogP contribution in [-0.4, -0.2) is 48.5 Å². The molecule has 0 amide bonds. The van der Waals surface area contributed by atoms with E-state index in [0.29, 0.717) is 6.10 Å². The molecule has 3 rings (SSSR count). The van der Waals surface area contributed by atoms with Crippen molar-refractivity contribution < 1.29 is 9.84 Å². The number of aliphatic hydroxyl groups is 1. The van der Waals surface area contributed by atoms with Crippen molar-refractivity contribution in [1.29, 1.82) is 0 Å². The number of hydrogen-bond acceptors (Lipinski definition) is 3. The average Bonchev–Trinajstić information content (AvgIpc) is 2.84. The van der Waals surface area contributed by atoms with Crippen molar-refractivity contribution in [3.63, 3.8) is 0 Å². The molecule has 2 saturated heterocycles. The van der Waals surface area contributed by atoms with Crippen LogP contribution in [0.15, 0.2) is 0 Å². The van der Waals surface area contributed by atoms with Gasteiger partial charge in [-0.2, -0.15) is 0 Å². The van der Waals surface area contributed by atoms with Crippen LogP contribution in [0.25, 0.3) is 0 Å². The first-order chi connectivity index (χ1) is 6.81. The zero-order chi connectivity index (χ0) is 9.54. The molecule has 0 bridgehead atoms. The van der Waals surface area contributed by atoms with Gasteiger partial charge in [-0.3, -0.25) is 0 Å². The number of ether oxygens (including phenoxy) is 1. The molecule has 0 aromatic carbocycles. The van der Waals surface area contributed by atoms with E-state index in [2.05, 4.69) is 4.90 Å². The normalized spacial score (nSPS) is 47.8. The van der Waals surface area contributed by atoms with E-state index in [4.69, 9.17) is 4.74 Å². The monoisotopic (exact) mass is 197 g/mol. The minimum Gasteiger partial charge on any atom is -0.393 e. The zero-order valence-corrected chi connectivity index (χ0v) is 8.56. The van der Waals surface area contributed by atoms with E-state index in [1.807, 2.05) is 0 Å². The Morgan fingerprint density at radius 3 is 2.79 bits per heavy atom. The second kappa shape index (κ2) is 3.47.